The van der Waals surface area contributed by atoms with Gasteiger partial charge in [-0.2, -0.15) is 0 Å². The van der Waals surface area contributed by atoms with Crippen molar-refractivity contribution in [3.8, 4) is 5.75 Å². The Labute approximate surface area is 162 Å². The minimum atomic E-state index is -0.293. The number of hydrogen-bond donors (Lipinski definition) is 0. The van der Waals surface area contributed by atoms with Gasteiger partial charge in [0, 0.05) is 7.11 Å². The maximum atomic E-state index is 12.8. The van der Waals surface area contributed by atoms with Crippen LogP contribution in [0.5, 0.6) is 5.75 Å². The zero-order valence-corrected chi connectivity index (χ0v) is 17.3. The summed E-state index contributed by atoms with van der Waals surface area (Å²) in [5.41, 5.74) is 5.47. The van der Waals surface area contributed by atoms with Crippen LogP contribution in [-0.4, -0.2) is 13.1 Å². The summed E-state index contributed by atoms with van der Waals surface area (Å²) >= 11 is 0. The molecule has 3 rings (SSSR count). The van der Waals surface area contributed by atoms with Gasteiger partial charge in [0.2, 0.25) is 0 Å². The predicted molar refractivity (Wildman–Crippen MR) is 109 cm³/mol. The molecule has 0 fully saturated rings. The fourth-order valence-corrected chi connectivity index (χ4v) is 4.29. The summed E-state index contributed by atoms with van der Waals surface area (Å²) in [4.78, 5) is 12.8. The van der Waals surface area contributed by atoms with Gasteiger partial charge in [0.25, 0.3) is 0 Å². The zero-order chi connectivity index (χ0) is 19.8. The molecule has 3 heteroatoms. The Hall–Kier alpha value is -2.13. The van der Waals surface area contributed by atoms with Gasteiger partial charge in [0.05, 0.1) is 12.2 Å². The van der Waals surface area contributed by atoms with E-state index in [4.69, 9.17) is 9.47 Å². The van der Waals surface area contributed by atoms with Crippen LogP contribution in [0.2, 0.25) is 0 Å². The lowest BCUT2D eigenvalue weighted by Crippen LogP contribution is -2.31. The van der Waals surface area contributed by atoms with Crippen molar-refractivity contribution in [3.05, 3.63) is 64.2 Å². The van der Waals surface area contributed by atoms with E-state index in [1.807, 2.05) is 31.2 Å². The molecule has 2 atom stereocenters. The van der Waals surface area contributed by atoms with E-state index in [2.05, 4.69) is 39.8 Å². The monoisotopic (exact) mass is 366 g/mol. The van der Waals surface area contributed by atoms with Gasteiger partial charge in [-0.25, -0.2) is 4.79 Å². The zero-order valence-electron chi connectivity index (χ0n) is 17.3. The van der Waals surface area contributed by atoms with Crippen LogP contribution in [0, 0.1) is 12.8 Å². The number of carbonyl (C=O) groups is 1. The fourth-order valence-electron chi connectivity index (χ4n) is 4.29. The molecule has 1 aliphatic carbocycles. The molecule has 144 valence electrons. The largest absolute Gasteiger partial charge is 0.423 e. The van der Waals surface area contributed by atoms with Crippen molar-refractivity contribution >= 4 is 5.97 Å². The highest BCUT2D eigenvalue weighted by molar-refractivity contribution is 5.93. The van der Waals surface area contributed by atoms with Crippen LogP contribution in [-0.2, 0) is 16.8 Å². The molecule has 0 aromatic heterocycles. The van der Waals surface area contributed by atoms with Crippen molar-refractivity contribution in [1.82, 2.24) is 0 Å². The van der Waals surface area contributed by atoms with E-state index in [9.17, 15) is 4.79 Å². The van der Waals surface area contributed by atoms with Crippen molar-refractivity contribution in [2.45, 2.75) is 59.0 Å². The van der Waals surface area contributed by atoms with Crippen molar-refractivity contribution in [2.75, 3.05) is 7.11 Å². The molecule has 0 saturated carbocycles. The van der Waals surface area contributed by atoms with Crippen LogP contribution in [0.15, 0.2) is 36.4 Å². The number of aryl methyl sites for hydroxylation is 1. The molecule has 3 nitrogen and oxygen atoms in total. The second-order valence-corrected chi connectivity index (χ2v) is 8.57. The van der Waals surface area contributed by atoms with Crippen LogP contribution >= 0.6 is 0 Å². The van der Waals surface area contributed by atoms with E-state index >= 15 is 0 Å². The van der Waals surface area contributed by atoms with Crippen LogP contribution in [0.4, 0.5) is 0 Å². The first-order valence-electron chi connectivity index (χ1n) is 9.68. The van der Waals surface area contributed by atoms with Gasteiger partial charge < -0.3 is 9.47 Å². The summed E-state index contributed by atoms with van der Waals surface area (Å²) in [5.74, 6) is 1.29. The maximum Gasteiger partial charge on any atom is 0.343 e. The first-order valence-corrected chi connectivity index (χ1v) is 9.68. The SMILES string of the molecule is COCc1ccc(OC(=O)c2cc3c(cc2C)C(C)(C)CC(C)C3C)cc1. The van der Waals surface area contributed by atoms with E-state index in [-0.39, 0.29) is 11.4 Å². The summed E-state index contributed by atoms with van der Waals surface area (Å²) < 4.78 is 10.8. The Bertz CT molecular complexity index is 833. The van der Waals surface area contributed by atoms with E-state index in [0.29, 0.717) is 29.8 Å². The number of ether oxygens (including phenoxy) is 2. The maximum absolute atomic E-state index is 12.8. The Morgan fingerprint density at radius 1 is 1.15 bits per heavy atom. The highest BCUT2D eigenvalue weighted by atomic mass is 16.5. The Morgan fingerprint density at radius 2 is 1.81 bits per heavy atom. The molecule has 2 aromatic carbocycles. The number of methoxy groups -OCH3 is 1. The van der Waals surface area contributed by atoms with Crippen molar-refractivity contribution in [3.63, 3.8) is 0 Å². The van der Waals surface area contributed by atoms with E-state index in [0.717, 1.165) is 17.5 Å². The Morgan fingerprint density at radius 3 is 2.44 bits per heavy atom. The third-order valence-corrected chi connectivity index (χ3v) is 5.97. The van der Waals surface area contributed by atoms with Gasteiger partial charge in [0.15, 0.2) is 0 Å². The van der Waals surface area contributed by atoms with Gasteiger partial charge in [-0.3, -0.25) is 0 Å². The summed E-state index contributed by atoms with van der Waals surface area (Å²) in [7, 11) is 1.66. The molecular weight excluding hydrogens is 336 g/mol. The number of fused-ring (bicyclic) bond motifs is 1. The lowest BCUT2D eigenvalue weighted by Gasteiger charge is -2.40. The molecule has 1 aliphatic rings. The van der Waals surface area contributed by atoms with Gasteiger partial charge in [-0.15, -0.1) is 0 Å². The number of hydrogen-bond acceptors (Lipinski definition) is 3. The molecule has 0 spiro atoms. The van der Waals surface area contributed by atoms with Gasteiger partial charge in [0.1, 0.15) is 5.75 Å². The third kappa shape index (κ3) is 3.93. The molecule has 0 radical (unpaired) electrons. The highest BCUT2D eigenvalue weighted by Gasteiger charge is 2.36. The molecule has 2 aromatic rings. The fraction of sp³-hybridized carbons (Fsp3) is 0.458. The summed E-state index contributed by atoms with van der Waals surface area (Å²) in [6.07, 6.45) is 1.16. The van der Waals surface area contributed by atoms with E-state index in [1.54, 1.807) is 7.11 Å². The third-order valence-electron chi connectivity index (χ3n) is 5.97. The summed E-state index contributed by atoms with van der Waals surface area (Å²) in [5, 5.41) is 0. The lowest BCUT2D eigenvalue weighted by molar-refractivity contribution is 0.0733. The van der Waals surface area contributed by atoms with Crippen LogP contribution in [0.3, 0.4) is 0 Å². The predicted octanol–water partition coefficient (Wildman–Crippen LogP) is 5.78. The number of rotatable bonds is 4. The molecule has 0 aliphatic heterocycles. The van der Waals surface area contributed by atoms with Crippen molar-refractivity contribution < 1.29 is 14.3 Å². The van der Waals surface area contributed by atoms with E-state index in [1.165, 1.54) is 11.1 Å². The smallest absolute Gasteiger partial charge is 0.343 e. The first kappa shape index (κ1) is 19.6. The molecular formula is C24H30O3. The van der Waals surface area contributed by atoms with Gasteiger partial charge >= 0.3 is 5.97 Å². The second kappa shape index (κ2) is 7.47. The molecule has 2 unspecified atom stereocenters. The number of benzene rings is 2. The van der Waals surface area contributed by atoms with Crippen molar-refractivity contribution in [1.29, 1.82) is 0 Å². The van der Waals surface area contributed by atoms with Crippen molar-refractivity contribution in [2.24, 2.45) is 5.92 Å². The summed E-state index contributed by atoms with van der Waals surface area (Å²) in [6.45, 7) is 11.7. The molecule has 0 bridgehead atoms. The first-order chi connectivity index (χ1) is 12.7. The second-order valence-electron chi connectivity index (χ2n) is 8.57. The van der Waals surface area contributed by atoms with Crippen LogP contribution < -0.4 is 4.74 Å². The number of carbonyl (C=O) groups excluding carboxylic acids is 1. The number of esters is 1. The van der Waals surface area contributed by atoms with E-state index < -0.39 is 0 Å². The average Bonchev–Trinajstić information content (AvgIpc) is 2.61. The normalized spacial score (nSPS) is 20.8. The van der Waals surface area contributed by atoms with Crippen LogP contribution in [0.25, 0.3) is 0 Å². The molecule has 0 amide bonds. The minimum Gasteiger partial charge on any atom is -0.423 e. The molecule has 27 heavy (non-hydrogen) atoms. The minimum absolute atomic E-state index is 0.131. The lowest BCUT2D eigenvalue weighted by atomic mass is 9.64. The topological polar surface area (TPSA) is 35.5 Å². The average molecular weight is 367 g/mol. The quantitative estimate of drug-likeness (QED) is 0.508. The Balaban J connectivity index is 1.89. The highest BCUT2D eigenvalue weighted by Crippen LogP contribution is 2.46. The van der Waals surface area contributed by atoms with Crippen LogP contribution in [0.1, 0.15) is 72.6 Å². The summed E-state index contributed by atoms with van der Waals surface area (Å²) in [6, 6.07) is 11.7. The standard InChI is InChI=1S/C24H30O3/c1-15-11-22-21(17(3)16(2)13-24(22,4)5)12-20(15)23(25)27-19-9-7-18(8-10-19)14-26-6/h7-12,16-17H,13-14H2,1-6H3. The Kier molecular flexibility index (Phi) is 5.43. The molecule has 0 saturated heterocycles. The van der Waals surface area contributed by atoms with Gasteiger partial charge in [-0.05, 0) is 71.0 Å². The molecule has 0 N–H and O–H groups in total. The molecule has 0 heterocycles. The van der Waals surface area contributed by atoms with Gasteiger partial charge in [-0.1, -0.05) is 45.9 Å².